The summed E-state index contributed by atoms with van der Waals surface area (Å²) in [6.07, 6.45) is 0. The van der Waals surface area contributed by atoms with E-state index in [0.29, 0.717) is 0 Å². The summed E-state index contributed by atoms with van der Waals surface area (Å²) in [4.78, 5) is 4.71. The van der Waals surface area contributed by atoms with Gasteiger partial charge in [0.05, 0.1) is 10.8 Å². The monoisotopic (exact) mass is 1120 g/mol. The van der Waals surface area contributed by atoms with Crippen LogP contribution in [0.1, 0.15) is 44.5 Å². The van der Waals surface area contributed by atoms with E-state index < -0.39 is 10.8 Å². The molecular weight excluding hydrogens is 1070 g/mol. The average Bonchev–Trinajstić information content (AvgIpc) is 1.89. The molecule has 0 saturated carbocycles. The second kappa shape index (κ2) is 19.5. The number of rotatable bonds is 10. The van der Waals surface area contributed by atoms with E-state index in [1.54, 1.807) is 0 Å². The van der Waals surface area contributed by atoms with Crippen LogP contribution in [0.3, 0.4) is 0 Å². The molecule has 16 aromatic rings. The lowest BCUT2D eigenvalue weighted by molar-refractivity contribution is 0.668. The Hall–Kier alpha value is -11.5. The van der Waals surface area contributed by atoms with E-state index in [2.05, 4.69) is 337 Å². The smallest absolute Gasteiger partial charge is 0.136 e. The predicted octanol–water partition coefficient (Wildman–Crippen LogP) is 22.3. The number of hydrogen-bond donors (Lipinski definition) is 0. The molecule has 0 saturated heterocycles. The second-order valence-corrected chi connectivity index (χ2v) is 23.5. The molecule has 88 heavy (non-hydrogen) atoms. The predicted molar refractivity (Wildman–Crippen MR) is 362 cm³/mol. The summed E-state index contributed by atoms with van der Waals surface area (Å²) in [5.74, 6) is 0. The molecule has 0 unspecified atom stereocenters. The SMILES string of the molecule is c1ccc(N(c2ccc(C3(c4ccccc4)c4ccccc4-c4ccccc43)cc2)c2ccc3oc4cc5cc6oc7ccc(N(c8ccccc8)c8ccc(C9(c%10ccccc%10)c%10ccccc%10-c%10ccccc%109)cc8)cc7c6cc5cc4c3c2)cc1. The topological polar surface area (TPSA) is 32.8 Å². The highest BCUT2D eigenvalue weighted by Gasteiger charge is 2.47. The van der Waals surface area contributed by atoms with Crippen molar-refractivity contribution >= 4 is 88.8 Å². The second-order valence-electron chi connectivity index (χ2n) is 23.5. The van der Waals surface area contributed by atoms with Gasteiger partial charge in [-0.2, -0.15) is 0 Å². The first kappa shape index (κ1) is 49.9. The van der Waals surface area contributed by atoms with Gasteiger partial charge in [-0.05, 0) is 187 Å². The van der Waals surface area contributed by atoms with Gasteiger partial charge in [0.2, 0.25) is 0 Å². The van der Waals surface area contributed by atoms with Gasteiger partial charge >= 0.3 is 0 Å². The molecule has 0 N–H and O–H groups in total. The van der Waals surface area contributed by atoms with Gasteiger partial charge in [0.15, 0.2) is 0 Å². The Morgan fingerprint density at radius 1 is 0.205 bits per heavy atom. The van der Waals surface area contributed by atoms with Crippen LogP contribution in [0.5, 0.6) is 0 Å². The Balaban J connectivity index is 0.733. The van der Waals surface area contributed by atoms with Gasteiger partial charge in [0, 0.05) is 55.7 Å². The molecule has 2 heterocycles. The number of para-hydroxylation sites is 2. The first-order chi connectivity index (χ1) is 43.6. The van der Waals surface area contributed by atoms with Crippen molar-refractivity contribution in [1.82, 2.24) is 0 Å². The molecule has 0 radical (unpaired) electrons. The van der Waals surface area contributed by atoms with E-state index in [9.17, 15) is 0 Å². The Bertz CT molecular complexity index is 4950. The van der Waals surface area contributed by atoms with E-state index in [1.807, 2.05) is 0 Å². The van der Waals surface area contributed by atoms with Crippen molar-refractivity contribution in [2.24, 2.45) is 0 Å². The zero-order chi connectivity index (χ0) is 57.9. The summed E-state index contributed by atoms with van der Waals surface area (Å²) in [5, 5.41) is 6.37. The number of nitrogens with zero attached hydrogens (tertiary/aromatic N) is 2. The third kappa shape index (κ3) is 7.33. The van der Waals surface area contributed by atoms with Crippen molar-refractivity contribution < 1.29 is 8.83 Å². The first-order valence-electron chi connectivity index (χ1n) is 30.3. The van der Waals surface area contributed by atoms with Crippen molar-refractivity contribution in [1.29, 1.82) is 0 Å². The lowest BCUT2D eigenvalue weighted by Gasteiger charge is -2.34. The molecule has 2 aromatic heterocycles. The van der Waals surface area contributed by atoms with Gasteiger partial charge in [-0.1, -0.05) is 218 Å². The number of hydrogen-bond acceptors (Lipinski definition) is 4. The summed E-state index contributed by atoms with van der Waals surface area (Å²) in [6.45, 7) is 0. The molecule has 0 amide bonds. The normalized spacial score (nSPS) is 13.4. The minimum absolute atomic E-state index is 0.486. The van der Waals surface area contributed by atoms with Gasteiger partial charge in [0.25, 0.3) is 0 Å². The van der Waals surface area contributed by atoms with Crippen LogP contribution in [-0.2, 0) is 10.8 Å². The molecule has 0 aliphatic heterocycles. The Kier molecular flexibility index (Phi) is 11.1. The van der Waals surface area contributed by atoms with Crippen molar-refractivity contribution in [2.45, 2.75) is 10.8 Å². The number of fused-ring (bicyclic) bond motifs is 13. The summed E-state index contributed by atoms with van der Waals surface area (Å²) in [7, 11) is 0. The van der Waals surface area contributed by atoms with E-state index >= 15 is 0 Å². The summed E-state index contributed by atoms with van der Waals surface area (Å²) in [6, 6.07) is 120. The van der Waals surface area contributed by atoms with Crippen LogP contribution >= 0.6 is 0 Å². The third-order valence-electron chi connectivity index (χ3n) is 19.0. The van der Waals surface area contributed by atoms with E-state index in [-0.39, 0.29) is 0 Å². The zero-order valence-electron chi connectivity index (χ0n) is 47.9. The van der Waals surface area contributed by atoms with Gasteiger partial charge < -0.3 is 18.6 Å². The van der Waals surface area contributed by atoms with Crippen LogP contribution in [0.2, 0.25) is 0 Å². The largest absolute Gasteiger partial charge is 0.456 e. The van der Waals surface area contributed by atoms with E-state index in [1.165, 1.54) is 66.8 Å². The highest BCUT2D eigenvalue weighted by Crippen LogP contribution is 2.58. The van der Waals surface area contributed by atoms with Crippen molar-refractivity contribution in [2.75, 3.05) is 9.80 Å². The lowest BCUT2D eigenvalue weighted by Crippen LogP contribution is -2.28. The van der Waals surface area contributed by atoms with Crippen LogP contribution < -0.4 is 9.80 Å². The minimum atomic E-state index is -0.486. The molecule has 0 spiro atoms. The summed E-state index contributed by atoms with van der Waals surface area (Å²) >= 11 is 0. The van der Waals surface area contributed by atoms with Crippen LogP contribution in [0.4, 0.5) is 34.1 Å². The third-order valence-corrected chi connectivity index (χ3v) is 19.0. The molecule has 14 aromatic carbocycles. The van der Waals surface area contributed by atoms with E-state index in [4.69, 9.17) is 8.83 Å². The van der Waals surface area contributed by atoms with Gasteiger partial charge in [-0.3, -0.25) is 0 Å². The molecule has 4 nitrogen and oxygen atoms in total. The first-order valence-corrected chi connectivity index (χ1v) is 30.3. The molecule has 2 aliphatic rings. The molecule has 0 atom stereocenters. The highest BCUT2D eigenvalue weighted by atomic mass is 16.3. The van der Waals surface area contributed by atoms with Crippen molar-refractivity contribution in [3.63, 3.8) is 0 Å². The minimum Gasteiger partial charge on any atom is -0.456 e. The standard InChI is InChI=1S/C84H54N2O2/c1-5-21-57(22-6-1)83(75-33-17-13-29-67(75)68-30-14-18-34-76(68)83)59-37-41-63(42-38-59)85(61-25-9-3-10-26-61)65-45-47-79-73(53-65)71-49-55-50-72-74-54-66(46-48-80(74)88-82(72)52-56(55)51-81(71)87-79)86(62-27-11-4-12-28-62)64-43-39-60(40-44-64)84(58-23-7-2-8-24-58)77-35-19-15-31-69(77)70-32-16-20-36-78(70)84/h1-54H. The number of anilines is 6. The molecule has 18 rings (SSSR count). The Labute approximate surface area is 509 Å². The van der Waals surface area contributed by atoms with Gasteiger partial charge in [-0.15, -0.1) is 0 Å². The van der Waals surface area contributed by atoms with Crippen molar-refractivity contribution in [3.05, 3.63) is 372 Å². The highest BCUT2D eigenvalue weighted by molar-refractivity contribution is 6.16. The van der Waals surface area contributed by atoms with Crippen LogP contribution in [0.15, 0.2) is 336 Å². The fourth-order valence-corrected chi connectivity index (χ4v) is 15.2. The van der Waals surface area contributed by atoms with Crippen LogP contribution in [0, 0.1) is 0 Å². The fraction of sp³-hybridized carbons (Fsp3) is 0.0238. The average molecular weight is 1120 g/mol. The maximum Gasteiger partial charge on any atom is 0.136 e. The maximum atomic E-state index is 6.73. The molecule has 0 bridgehead atoms. The fourth-order valence-electron chi connectivity index (χ4n) is 15.2. The van der Waals surface area contributed by atoms with Crippen LogP contribution in [0.25, 0.3) is 76.9 Å². The lowest BCUT2D eigenvalue weighted by atomic mass is 9.68. The molecular formula is C84H54N2O2. The molecule has 412 valence electrons. The summed E-state index contributed by atoms with van der Waals surface area (Å²) in [5.41, 5.74) is 23.9. The van der Waals surface area contributed by atoms with Crippen LogP contribution in [-0.4, -0.2) is 0 Å². The molecule has 0 fully saturated rings. The Morgan fingerprint density at radius 2 is 0.477 bits per heavy atom. The van der Waals surface area contributed by atoms with E-state index in [0.717, 1.165) is 88.8 Å². The summed E-state index contributed by atoms with van der Waals surface area (Å²) < 4.78 is 13.5. The quantitative estimate of drug-likeness (QED) is 0.137. The van der Waals surface area contributed by atoms with Gasteiger partial charge in [-0.25, -0.2) is 0 Å². The van der Waals surface area contributed by atoms with Crippen molar-refractivity contribution in [3.8, 4) is 22.3 Å². The Morgan fingerprint density at radius 3 is 0.841 bits per heavy atom. The molecule has 2 aliphatic carbocycles. The zero-order valence-corrected chi connectivity index (χ0v) is 47.9. The van der Waals surface area contributed by atoms with Gasteiger partial charge in [0.1, 0.15) is 22.3 Å². The maximum absolute atomic E-state index is 6.73. The molecule has 4 heteroatoms. The number of furan rings is 2. The number of benzene rings is 14.